The summed E-state index contributed by atoms with van der Waals surface area (Å²) in [5.41, 5.74) is 4.28. The zero-order valence-electron chi connectivity index (χ0n) is 40.0. The van der Waals surface area contributed by atoms with E-state index < -0.39 is 84.6 Å². The number of unbranched alkanes of at least 4 members (excludes halogenated alkanes) is 11. The Morgan fingerprint density at radius 3 is 2.16 bits per heavy atom. The summed E-state index contributed by atoms with van der Waals surface area (Å²) in [7, 11) is -16.4. The highest BCUT2D eigenvalue weighted by Crippen LogP contribution is 2.61. The molecule has 7 unspecified atom stereocenters. The van der Waals surface area contributed by atoms with E-state index in [-0.39, 0.29) is 41.6 Å². The molecule has 70 heavy (non-hydrogen) atoms. The predicted molar refractivity (Wildman–Crippen MR) is 260 cm³/mol. The van der Waals surface area contributed by atoms with Crippen LogP contribution < -0.4 is 16.4 Å². The van der Waals surface area contributed by atoms with Gasteiger partial charge in [0.25, 0.3) is 0 Å². The molecule has 2 aromatic rings. The number of anilines is 1. The number of fused-ring (bicyclic) bond motifs is 1. The molecule has 24 nitrogen and oxygen atoms in total. The Morgan fingerprint density at radius 2 is 1.50 bits per heavy atom. The van der Waals surface area contributed by atoms with Crippen LogP contribution in [0.15, 0.2) is 37.0 Å². The first-order valence-corrected chi connectivity index (χ1v) is 28.9. The largest absolute Gasteiger partial charge is 0.481 e. The molecule has 398 valence electrons. The van der Waals surface area contributed by atoms with Gasteiger partial charge in [-0.2, -0.15) is 4.31 Å². The van der Waals surface area contributed by atoms with E-state index in [4.69, 9.17) is 19.5 Å². The third kappa shape index (κ3) is 23.3. The molecule has 0 spiro atoms. The summed E-state index contributed by atoms with van der Waals surface area (Å²) >= 11 is 1.14. The second-order valence-corrected chi connectivity index (χ2v) is 22.7. The number of carbonyl (C=O) groups excluding carboxylic acids is 3. The van der Waals surface area contributed by atoms with Gasteiger partial charge >= 0.3 is 23.5 Å². The summed E-state index contributed by atoms with van der Waals surface area (Å²) in [4.78, 5) is 88.4. The van der Waals surface area contributed by atoms with Crippen LogP contribution in [0.25, 0.3) is 11.2 Å². The number of ether oxygens (including phenoxy) is 1. The van der Waals surface area contributed by atoms with Gasteiger partial charge in [0.05, 0.1) is 19.5 Å². The molecular weight excluding hydrogens is 999 g/mol. The van der Waals surface area contributed by atoms with Gasteiger partial charge in [-0.3, -0.25) is 32.5 Å². The number of carbonyl (C=O) groups is 3. The molecule has 3 heterocycles. The van der Waals surface area contributed by atoms with Gasteiger partial charge in [0.15, 0.2) is 22.8 Å². The Labute approximate surface area is 412 Å². The van der Waals surface area contributed by atoms with Gasteiger partial charge in [-0.05, 0) is 38.5 Å². The van der Waals surface area contributed by atoms with E-state index in [0.717, 1.165) is 73.9 Å². The quantitative estimate of drug-likeness (QED) is 0.0226. The van der Waals surface area contributed by atoms with Crippen molar-refractivity contribution in [3.05, 3.63) is 37.0 Å². The number of phosphoric ester groups is 3. The van der Waals surface area contributed by atoms with E-state index in [1.165, 1.54) is 58.8 Å². The summed E-state index contributed by atoms with van der Waals surface area (Å²) in [6, 6.07) is 0. The van der Waals surface area contributed by atoms with Gasteiger partial charge in [0, 0.05) is 37.1 Å². The monoisotopic (exact) mass is 1070 g/mol. The van der Waals surface area contributed by atoms with E-state index in [0.29, 0.717) is 12.2 Å². The summed E-state index contributed by atoms with van der Waals surface area (Å²) in [5.74, 6) is -1.04. The zero-order valence-corrected chi connectivity index (χ0v) is 43.5. The molecule has 2 aromatic heterocycles. The fraction of sp³-hybridized carbons (Fsp3) is 0.714. The molecule has 3 rings (SSSR count). The standard InChI is InChI=1S/C42H72N7O17P3S/c1-4-5-6-7-8-9-10-11-12-13-14-15-16-17-18-19-20-21-22-33(51)70-26-25-44-32(50)23-24-45-40(54)37(53)42(2,3)28-63-69(60,61)66-68(58,59)62-27-31-36(65-67(55,56)57)35(52)41(64-31)49-30-48-34-38(43)46-29-47-39(34)49/h12-13,15-16,29-31,35-37,41,52-53H,4-11,14,17-28H2,1-3H3,(H,44,50)(H,45,54)(H,58,59)(H,60,61)(H2,43,46,47)(H2,55,56,57)/b13-12+,16-15+. The van der Waals surface area contributed by atoms with E-state index in [1.54, 1.807) is 0 Å². The average molecular weight is 1070 g/mol. The molecule has 1 aliphatic rings. The minimum absolute atomic E-state index is 0.0325. The Morgan fingerprint density at radius 1 is 0.871 bits per heavy atom. The van der Waals surface area contributed by atoms with Gasteiger partial charge < -0.3 is 50.9 Å². The van der Waals surface area contributed by atoms with E-state index in [2.05, 4.69) is 65.6 Å². The van der Waals surface area contributed by atoms with Gasteiger partial charge in [-0.25, -0.2) is 28.6 Å². The maximum Gasteiger partial charge on any atom is 0.481 e. The highest BCUT2D eigenvalue weighted by Gasteiger charge is 2.50. The number of hydrogen-bond donors (Lipinski definition) is 9. The van der Waals surface area contributed by atoms with Crippen LogP contribution in [0.1, 0.15) is 130 Å². The number of nitrogens with one attached hydrogen (secondary N) is 2. The Balaban J connectivity index is 1.27. The number of nitrogens with zero attached hydrogens (tertiary/aromatic N) is 4. The SMILES string of the molecule is CCCCCCCCC/C=C/C/C=C/CCCCCCC(=O)SCCNC(=O)CCNC(=O)C(O)C(C)(C)COP(=O)(O)OP(=O)(O)OCC1OC(n2cnc3c(N)ncnc32)C(O)C1OP(=O)(O)O. The molecule has 7 atom stereocenters. The molecule has 28 heteroatoms. The van der Waals surface area contributed by atoms with Crippen molar-refractivity contribution in [2.24, 2.45) is 5.41 Å². The molecule has 0 aliphatic carbocycles. The summed E-state index contributed by atoms with van der Waals surface area (Å²) in [6.07, 6.45) is 18.8. The molecule has 0 bridgehead atoms. The highest BCUT2D eigenvalue weighted by molar-refractivity contribution is 8.13. The minimum Gasteiger partial charge on any atom is -0.386 e. The summed E-state index contributed by atoms with van der Waals surface area (Å²) in [5, 5.41) is 26.7. The van der Waals surface area contributed by atoms with Crippen LogP contribution in [0, 0.1) is 5.41 Å². The van der Waals surface area contributed by atoms with E-state index in [1.807, 2.05) is 0 Å². The predicted octanol–water partition coefficient (Wildman–Crippen LogP) is 5.65. The number of aliphatic hydroxyl groups excluding tert-OH is 2. The Hall–Kier alpha value is -2.96. The minimum atomic E-state index is -5.58. The number of allylic oxidation sites excluding steroid dienone is 4. The lowest BCUT2D eigenvalue weighted by atomic mass is 9.87. The maximum atomic E-state index is 12.8. The molecular formula is C42H72N7O17P3S. The molecule has 10 N–H and O–H groups in total. The third-order valence-electron chi connectivity index (χ3n) is 10.8. The number of nitrogens with two attached hydrogens (primary N) is 1. The lowest BCUT2D eigenvalue weighted by Crippen LogP contribution is -2.46. The topological polar surface area (TPSA) is 364 Å². The van der Waals surface area contributed by atoms with Crippen molar-refractivity contribution in [1.29, 1.82) is 0 Å². The van der Waals surface area contributed by atoms with Crippen LogP contribution in [0.4, 0.5) is 5.82 Å². The van der Waals surface area contributed by atoms with Crippen molar-refractivity contribution in [3.63, 3.8) is 0 Å². The van der Waals surface area contributed by atoms with Crippen molar-refractivity contribution in [1.82, 2.24) is 30.2 Å². The van der Waals surface area contributed by atoms with Crippen molar-refractivity contribution in [2.45, 2.75) is 154 Å². The fourth-order valence-corrected chi connectivity index (χ4v) is 10.5. The van der Waals surface area contributed by atoms with Crippen molar-refractivity contribution >= 4 is 69.1 Å². The molecule has 0 aromatic carbocycles. The maximum absolute atomic E-state index is 12.8. The van der Waals surface area contributed by atoms with Crippen LogP contribution in [0.5, 0.6) is 0 Å². The number of phosphoric acid groups is 3. The molecule has 0 radical (unpaired) electrons. The first kappa shape index (κ1) is 61.3. The van der Waals surface area contributed by atoms with Crippen LogP contribution in [-0.2, 0) is 50.7 Å². The Bertz CT molecular complexity index is 2140. The average Bonchev–Trinajstić information content (AvgIpc) is 3.85. The third-order valence-corrected chi connectivity index (χ3v) is 14.9. The molecule has 1 saturated heterocycles. The first-order chi connectivity index (χ1) is 33.1. The number of nitrogen functional groups attached to an aromatic ring is 1. The lowest BCUT2D eigenvalue weighted by molar-refractivity contribution is -0.137. The second kappa shape index (κ2) is 30.9. The number of aromatic nitrogens is 4. The van der Waals surface area contributed by atoms with Crippen molar-refractivity contribution < 1.29 is 80.5 Å². The summed E-state index contributed by atoms with van der Waals surface area (Å²) in [6.45, 7) is 2.79. The molecule has 1 fully saturated rings. The Kier molecular flexibility index (Phi) is 27.1. The van der Waals surface area contributed by atoms with Gasteiger partial charge in [0.2, 0.25) is 11.8 Å². The number of amides is 2. The normalized spacial score (nSPS) is 20.0. The van der Waals surface area contributed by atoms with Crippen LogP contribution in [-0.4, -0.2) is 123 Å². The van der Waals surface area contributed by atoms with Crippen molar-refractivity contribution in [2.75, 3.05) is 37.8 Å². The zero-order chi connectivity index (χ0) is 51.8. The highest BCUT2D eigenvalue weighted by atomic mass is 32.2. The van der Waals surface area contributed by atoms with E-state index in [9.17, 15) is 57.9 Å². The molecule has 1 aliphatic heterocycles. The van der Waals surface area contributed by atoms with Crippen LogP contribution in [0.2, 0.25) is 0 Å². The fourth-order valence-electron chi connectivity index (χ4n) is 6.98. The van der Waals surface area contributed by atoms with Gasteiger partial charge in [-0.1, -0.05) is 108 Å². The number of hydrogen-bond acceptors (Lipinski definition) is 18. The smallest absolute Gasteiger partial charge is 0.386 e. The number of imidazole rings is 1. The van der Waals surface area contributed by atoms with Crippen LogP contribution in [0.3, 0.4) is 0 Å². The van der Waals surface area contributed by atoms with Crippen LogP contribution >= 0.6 is 35.2 Å². The van der Waals surface area contributed by atoms with E-state index >= 15 is 0 Å². The lowest BCUT2D eigenvalue weighted by Gasteiger charge is -2.30. The second-order valence-electron chi connectivity index (χ2n) is 17.3. The molecule has 2 amide bonds. The summed E-state index contributed by atoms with van der Waals surface area (Å²) < 4.78 is 62.5. The first-order valence-electron chi connectivity index (χ1n) is 23.4. The molecule has 0 saturated carbocycles. The number of thioether (sulfide) groups is 1. The number of rotatable bonds is 36. The van der Waals surface area contributed by atoms with Gasteiger partial charge in [-0.15, -0.1) is 0 Å². The van der Waals surface area contributed by atoms with Gasteiger partial charge in [0.1, 0.15) is 36.3 Å². The van der Waals surface area contributed by atoms with Crippen molar-refractivity contribution in [3.8, 4) is 0 Å². The number of aliphatic hydroxyl groups is 2.